The van der Waals surface area contributed by atoms with E-state index in [9.17, 15) is 4.39 Å². The maximum absolute atomic E-state index is 13.4. The van der Waals surface area contributed by atoms with Crippen LogP contribution in [0.1, 0.15) is 26.2 Å². The van der Waals surface area contributed by atoms with Crippen LogP contribution in [0.4, 0.5) is 4.39 Å². The summed E-state index contributed by atoms with van der Waals surface area (Å²) < 4.78 is 19.1. The quantitative estimate of drug-likeness (QED) is 0.774. The van der Waals surface area contributed by atoms with Crippen LogP contribution in [-0.4, -0.2) is 18.1 Å². The molecule has 2 aromatic rings. The molecule has 21 heavy (non-hydrogen) atoms. The molecule has 0 aliphatic rings. The summed E-state index contributed by atoms with van der Waals surface area (Å²) in [7, 11) is 0. The summed E-state index contributed by atoms with van der Waals surface area (Å²) in [5.74, 6) is 1.44. The third-order valence-corrected chi connectivity index (χ3v) is 3.36. The standard InChI is InChI=1S/C16H20ClFN2O/c1-11(2)9-19-7-3-4-16-20-10-15(21-16)12-5-6-13(17)14(18)8-12/h5-6,8,10-11,19H,3-4,7,9H2,1-2H3. The average molecular weight is 311 g/mol. The summed E-state index contributed by atoms with van der Waals surface area (Å²) in [6, 6.07) is 4.60. The second-order valence-electron chi connectivity index (χ2n) is 5.45. The fraction of sp³-hybridized carbons (Fsp3) is 0.438. The Kier molecular flexibility index (Phi) is 5.76. The summed E-state index contributed by atoms with van der Waals surface area (Å²) in [4.78, 5) is 4.23. The summed E-state index contributed by atoms with van der Waals surface area (Å²) in [5, 5.41) is 3.48. The van der Waals surface area contributed by atoms with Crippen molar-refractivity contribution in [2.75, 3.05) is 13.1 Å². The molecule has 2 rings (SSSR count). The summed E-state index contributed by atoms with van der Waals surface area (Å²) in [6.45, 7) is 6.31. The van der Waals surface area contributed by atoms with Gasteiger partial charge in [-0.15, -0.1) is 0 Å². The third-order valence-electron chi connectivity index (χ3n) is 3.05. The molecule has 1 N–H and O–H groups in total. The van der Waals surface area contributed by atoms with Gasteiger partial charge in [0.2, 0.25) is 0 Å². The van der Waals surface area contributed by atoms with Gasteiger partial charge in [-0.25, -0.2) is 9.37 Å². The number of oxazole rings is 1. The largest absolute Gasteiger partial charge is 0.441 e. The average Bonchev–Trinajstić information content (AvgIpc) is 2.90. The molecule has 0 fully saturated rings. The lowest BCUT2D eigenvalue weighted by atomic mass is 10.2. The first-order valence-electron chi connectivity index (χ1n) is 7.17. The fourth-order valence-corrected chi connectivity index (χ4v) is 2.08. The molecule has 0 atom stereocenters. The van der Waals surface area contributed by atoms with Crippen molar-refractivity contribution >= 4 is 11.6 Å². The highest BCUT2D eigenvalue weighted by molar-refractivity contribution is 6.30. The molecule has 114 valence electrons. The molecule has 0 aliphatic heterocycles. The Morgan fingerprint density at radius 1 is 1.38 bits per heavy atom. The van der Waals surface area contributed by atoms with E-state index in [-0.39, 0.29) is 5.02 Å². The first kappa shape index (κ1) is 16.0. The van der Waals surface area contributed by atoms with Gasteiger partial charge in [-0.05, 0) is 43.6 Å². The van der Waals surface area contributed by atoms with E-state index in [4.69, 9.17) is 16.0 Å². The predicted octanol–water partition coefficient (Wildman–Crippen LogP) is 4.31. The van der Waals surface area contributed by atoms with Gasteiger partial charge in [0.15, 0.2) is 11.7 Å². The van der Waals surface area contributed by atoms with E-state index < -0.39 is 5.82 Å². The van der Waals surface area contributed by atoms with Gasteiger partial charge in [0.25, 0.3) is 0 Å². The number of rotatable bonds is 7. The van der Waals surface area contributed by atoms with Crippen molar-refractivity contribution < 1.29 is 8.81 Å². The number of hydrogen-bond acceptors (Lipinski definition) is 3. The van der Waals surface area contributed by atoms with Crippen molar-refractivity contribution in [2.24, 2.45) is 5.92 Å². The minimum absolute atomic E-state index is 0.106. The lowest BCUT2D eigenvalue weighted by Crippen LogP contribution is -2.21. The van der Waals surface area contributed by atoms with Crippen molar-refractivity contribution in [3.63, 3.8) is 0 Å². The number of aryl methyl sites for hydroxylation is 1. The molecule has 1 heterocycles. The molecule has 0 amide bonds. The molecule has 0 aliphatic carbocycles. The first-order chi connectivity index (χ1) is 10.1. The highest BCUT2D eigenvalue weighted by Crippen LogP contribution is 2.25. The van der Waals surface area contributed by atoms with E-state index in [0.717, 1.165) is 25.9 Å². The van der Waals surface area contributed by atoms with Crippen LogP contribution in [0.15, 0.2) is 28.8 Å². The molecule has 1 aromatic heterocycles. The molecule has 0 saturated carbocycles. The van der Waals surface area contributed by atoms with E-state index in [0.29, 0.717) is 23.1 Å². The highest BCUT2D eigenvalue weighted by atomic mass is 35.5. The monoisotopic (exact) mass is 310 g/mol. The first-order valence-corrected chi connectivity index (χ1v) is 7.55. The predicted molar refractivity (Wildman–Crippen MR) is 82.9 cm³/mol. The molecule has 0 bridgehead atoms. The lowest BCUT2D eigenvalue weighted by molar-refractivity contribution is 0.483. The molecule has 0 radical (unpaired) electrons. The Balaban J connectivity index is 1.87. The lowest BCUT2D eigenvalue weighted by Gasteiger charge is -2.05. The number of nitrogens with zero attached hydrogens (tertiary/aromatic N) is 1. The van der Waals surface area contributed by atoms with Crippen LogP contribution in [-0.2, 0) is 6.42 Å². The van der Waals surface area contributed by atoms with Gasteiger partial charge in [0, 0.05) is 12.0 Å². The van der Waals surface area contributed by atoms with E-state index in [1.54, 1.807) is 12.3 Å². The van der Waals surface area contributed by atoms with Crippen LogP contribution < -0.4 is 5.32 Å². The van der Waals surface area contributed by atoms with Crippen LogP contribution >= 0.6 is 11.6 Å². The van der Waals surface area contributed by atoms with Crippen molar-refractivity contribution in [1.82, 2.24) is 10.3 Å². The normalized spacial score (nSPS) is 11.3. The summed E-state index contributed by atoms with van der Waals surface area (Å²) in [6.07, 6.45) is 3.35. The van der Waals surface area contributed by atoms with Gasteiger partial charge < -0.3 is 9.73 Å². The van der Waals surface area contributed by atoms with E-state index in [1.807, 2.05) is 0 Å². The highest BCUT2D eigenvalue weighted by Gasteiger charge is 2.09. The minimum Gasteiger partial charge on any atom is -0.441 e. The Bertz CT molecular complexity index is 583. The molecular weight excluding hydrogens is 291 g/mol. The second kappa shape index (κ2) is 7.57. The third kappa shape index (κ3) is 4.83. The Labute approximate surface area is 129 Å². The number of halogens is 2. The minimum atomic E-state index is -0.454. The molecule has 1 aromatic carbocycles. The molecule has 0 spiro atoms. The maximum Gasteiger partial charge on any atom is 0.194 e. The summed E-state index contributed by atoms with van der Waals surface area (Å²) in [5.41, 5.74) is 0.647. The SMILES string of the molecule is CC(C)CNCCCc1ncc(-c2ccc(Cl)c(F)c2)o1. The van der Waals surface area contributed by atoms with E-state index in [1.165, 1.54) is 12.1 Å². The molecule has 0 saturated heterocycles. The zero-order valence-corrected chi connectivity index (χ0v) is 13.1. The Morgan fingerprint density at radius 3 is 2.90 bits per heavy atom. The van der Waals surface area contributed by atoms with Crippen molar-refractivity contribution in [1.29, 1.82) is 0 Å². The van der Waals surface area contributed by atoms with Gasteiger partial charge in [0.1, 0.15) is 5.82 Å². The second-order valence-corrected chi connectivity index (χ2v) is 5.86. The van der Waals surface area contributed by atoms with E-state index >= 15 is 0 Å². The molecule has 5 heteroatoms. The number of aromatic nitrogens is 1. The van der Waals surface area contributed by atoms with Crippen molar-refractivity contribution in [3.8, 4) is 11.3 Å². The van der Waals surface area contributed by atoms with E-state index in [2.05, 4.69) is 24.1 Å². The van der Waals surface area contributed by atoms with Crippen LogP contribution in [0.25, 0.3) is 11.3 Å². The van der Waals surface area contributed by atoms with Crippen LogP contribution in [0.5, 0.6) is 0 Å². The topological polar surface area (TPSA) is 38.1 Å². The summed E-state index contributed by atoms with van der Waals surface area (Å²) >= 11 is 5.67. The number of benzene rings is 1. The van der Waals surface area contributed by atoms with Crippen LogP contribution in [0.2, 0.25) is 5.02 Å². The zero-order chi connectivity index (χ0) is 15.2. The number of nitrogens with one attached hydrogen (secondary N) is 1. The van der Waals surface area contributed by atoms with Gasteiger partial charge in [-0.2, -0.15) is 0 Å². The molecular formula is C16H20ClFN2O. The van der Waals surface area contributed by atoms with Gasteiger partial charge >= 0.3 is 0 Å². The molecule has 0 unspecified atom stereocenters. The van der Waals surface area contributed by atoms with Crippen molar-refractivity contribution in [2.45, 2.75) is 26.7 Å². The molecule has 3 nitrogen and oxygen atoms in total. The van der Waals surface area contributed by atoms with Crippen LogP contribution in [0.3, 0.4) is 0 Å². The van der Waals surface area contributed by atoms with Crippen LogP contribution in [0, 0.1) is 11.7 Å². The fourth-order valence-electron chi connectivity index (χ4n) is 1.96. The van der Waals surface area contributed by atoms with Crippen molar-refractivity contribution in [3.05, 3.63) is 41.1 Å². The Hall–Kier alpha value is -1.39. The maximum atomic E-state index is 13.4. The van der Waals surface area contributed by atoms with Gasteiger partial charge in [-0.3, -0.25) is 0 Å². The Morgan fingerprint density at radius 2 is 2.19 bits per heavy atom. The zero-order valence-electron chi connectivity index (χ0n) is 12.3. The number of hydrogen-bond donors (Lipinski definition) is 1. The smallest absolute Gasteiger partial charge is 0.194 e. The van der Waals surface area contributed by atoms with Gasteiger partial charge in [-0.1, -0.05) is 25.4 Å². The van der Waals surface area contributed by atoms with Gasteiger partial charge in [0.05, 0.1) is 11.2 Å².